The van der Waals surface area contributed by atoms with Crippen LogP contribution in [0.25, 0.3) is 0 Å². The number of nitrogens with zero attached hydrogens (tertiary/aromatic N) is 4. The molecule has 2 atom stereocenters. The van der Waals surface area contributed by atoms with Gasteiger partial charge in [0.25, 0.3) is 5.69 Å². The van der Waals surface area contributed by atoms with E-state index < -0.39 is 4.92 Å². The molecule has 1 saturated heterocycles. The molecule has 114 valence electrons. The molecule has 0 aromatic carbocycles. The maximum Gasteiger partial charge on any atom is 0.298 e. The fraction of sp³-hybridized carbons (Fsp3) is 0.538. The Kier molecular flexibility index (Phi) is 4.25. The summed E-state index contributed by atoms with van der Waals surface area (Å²) in [5.74, 6) is 0.769. The van der Waals surface area contributed by atoms with Gasteiger partial charge in [0, 0.05) is 18.7 Å². The van der Waals surface area contributed by atoms with Crippen LogP contribution in [0.1, 0.15) is 32.4 Å². The van der Waals surface area contributed by atoms with E-state index in [1.807, 2.05) is 0 Å². The first kappa shape index (κ1) is 15.0. The molecular weight excluding hydrogens is 274 g/mol. The summed E-state index contributed by atoms with van der Waals surface area (Å²) in [7, 11) is 0. The summed E-state index contributed by atoms with van der Waals surface area (Å²) >= 11 is 0. The number of anilines is 1. The second-order valence-electron chi connectivity index (χ2n) is 5.33. The smallest absolute Gasteiger partial charge is 0.298 e. The van der Waals surface area contributed by atoms with Crippen LogP contribution in [0.4, 0.5) is 11.5 Å². The van der Waals surface area contributed by atoms with Gasteiger partial charge in [-0.25, -0.2) is 4.98 Å². The maximum atomic E-state index is 11.0. The third-order valence-electron chi connectivity index (χ3n) is 4.07. The van der Waals surface area contributed by atoms with Crippen molar-refractivity contribution in [1.29, 1.82) is 0 Å². The highest BCUT2D eigenvalue weighted by molar-refractivity contribution is 5.99. The van der Waals surface area contributed by atoms with Gasteiger partial charge in [-0.3, -0.25) is 10.1 Å². The molecule has 1 fully saturated rings. The highest BCUT2D eigenvalue weighted by Crippen LogP contribution is 2.29. The standard InChI is InChI=1S/C13H19N5O3/c1-8-4-3-7-17(9(8)2)11-6-5-10(18(20)21)12(15-11)13(14)16-19/h5-6,8-9,19H,3-4,7H2,1-2H3,(H2,14,16). The van der Waals surface area contributed by atoms with Gasteiger partial charge in [-0.1, -0.05) is 12.1 Å². The van der Waals surface area contributed by atoms with Crippen molar-refractivity contribution in [2.24, 2.45) is 16.8 Å². The number of pyridine rings is 1. The van der Waals surface area contributed by atoms with Gasteiger partial charge < -0.3 is 15.8 Å². The number of rotatable bonds is 3. The predicted octanol–water partition coefficient (Wildman–Crippen LogP) is 1.71. The lowest BCUT2D eigenvalue weighted by molar-refractivity contribution is -0.385. The molecular formula is C13H19N5O3. The van der Waals surface area contributed by atoms with E-state index in [1.165, 1.54) is 6.07 Å². The lowest BCUT2D eigenvalue weighted by atomic mass is 9.92. The van der Waals surface area contributed by atoms with Gasteiger partial charge in [-0.2, -0.15) is 0 Å². The Bertz CT molecular complexity index is 575. The summed E-state index contributed by atoms with van der Waals surface area (Å²) < 4.78 is 0. The average Bonchev–Trinajstić information content (AvgIpc) is 2.48. The zero-order chi connectivity index (χ0) is 15.6. The SMILES string of the molecule is CC1CCCN(c2ccc([N+](=O)[O-])c(/C(N)=N/O)n2)C1C. The highest BCUT2D eigenvalue weighted by atomic mass is 16.6. The number of hydrogen-bond acceptors (Lipinski definition) is 6. The molecule has 21 heavy (non-hydrogen) atoms. The molecule has 3 N–H and O–H groups in total. The molecule has 0 bridgehead atoms. The first-order valence-electron chi connectivity index (χ1n) is 6.85. The van der Waals surface area contributed by atoms with E-state index in [9.17, 15) is 10.1 Å². The third-order valence-corrected chi connectivity index (χ3v) is 4.07. The third kappa shape index (κ3) is 2.88. The predicted molar refractivity (Wildman–Crippen MR) is 78.6 cm³/mol. The van der Waals surface area contributed by atoms with Crippen molar-refractivity contribution < 1.29 is 10.1 Å². The molecule has 0 radical (unpaired) electrons. The Morgan fingerprint density at radius 2 is 2.29 bits per heavy atom. The van der Waals surface area contributed by atoms with E-state index in [2.05, 4.69) is 28.9 Å². The van der Waals surface area contributed by atoms with Crippen molar-refractivity contribution in [3.63, 3.8) is 0 Å². The number of nitro groups is 1. The molecule has 1 aliphatic heterocycles. The Morgan fingerprint density at radius 1 is 1.57 bits per heavy atom. The van der Waals surface area contributed by atoms with Crippen molar-refractivity contribution in [2.45, 2.75) is 32.7 Å². The van der Waals surface area contributed by atoms with E-state index in [-0.39, 0.29) is 23.3 Å². The van der Waals surface area contributed by atoms with Crippen molar-refractivity contribution in [3.8, 4) is 0 Å². The normalized spacial score (nSPS) is 23.1. The van der Waals surface area contributed by atoms with Gasteiger partial charge in [0.1, 0.15) is 5.82 Å². The van der Waals surface area contributed by atoms with Crippen LogP contribution in [-0.2, 0) is 0 Å². The van der Waals surface area contributed by atoms with Crippen molar-refractivity contribution in [1.82, 2.24) is 4.98 Å². The van der Waals surface area contributed by atoms with Crippen molar-refractivity contribution in [2.75, 3.05) is 11.4 Å². The Labute approximate surface area is 122 Å². The minimum absolute atomic E-state index is 0.106. The number of aromatic nitrogens is 1. The monoisotopic (exact) mass is 293 g/mol. The summed E-state index contributed by atoms with van der Waals surface area (Å²) in [6.07, 6.45) is 2.20. The number of hydrogen-bond donors (Lipinski definition) is 2. The van der Waals surface area contributed by atoms with E-state index in [0.29, 0.717) is 11.7 Å². The molecule has 1 aromatic heterocycles. The molecule has 0 spiro atoms. The number of oxime groups is 1. The van der Waals surface area contributed by atoms with Crippen LogP contribution in [0, 0.1) is 16.0 Å². The summed E-state index contributed by atoms with van der Waals surface area (Å²) in [6.45, 7) is 5.12. The molecule has 2 heterocycles. The summed E-state index contributed by atoms with van der Waals surface area (Å²) in [5.41, 5.74) is 5.13. The molecule has 8 heteroatoms. The van der Waals surface area contributed by atoms with E-state index in [1.54, 1.807) is 6.07 Å². The van der Waals surface area contributed by atoms with E-state index in [0.717, 1.165) is 19.4 Å². The maximum absolute atomic E-state index is 11.0. The van der Waals surface area contributed by atoms with Gasteiger partial charge in [-0.05, 0) is 31.7 Å². The van der Waals surface area contributed by atoms with Gasteiger partial charge in [0.05, 0.1) is 4.92 Å². The first-order valence-corrected chi connectivity index (χ1v) is 6.85. The molecule has 2 rings (SSSR count). The summed E-state index contributed by atoms with van der Waals surface area (Å²) in [5, 5.41) is 22.6. The second kappa shape index (κ2) is 5.94. The van der Waals surface area contributed by atoms with Crippen LogP contribution < -0.4 is 10.6 Å². The van der Waals surface area contributed by atoms with Crippen LogP contribution in [-0.4, -0.2) is 33.5 Å². The summed E-state index contributed by atoms with van der Waals surface area (Å²) in [6, 6.07) is 3.25. The summed E-state index contributed by atoms with van der Waals surface area (Å²) in [4.78, 5) is 16.8. The minimum Gasteiger partial charge on any atom is -0.409 e. The molecule has 0 saturated carbocycles. The lowest BCUT2D eigenvalue weighted by Gasteiger charge is -2.38. The second-order valence-corrected chi connectivity index (χ2v) is 5.33. The Hall–Kier alpha value is -2.38. The zero-order valence-electron chi connectivity index (χ0n) is 12.1. The topological polar surface area (TPSA) is 118 Å². The van der Waals surface area contributed by atoms with Crippen molar-refractivity contribution in [3.05, 3.63) is 27.9 Å². The van der Waals surface area contributed by atoms with Gasteiger partial charge in [0.15, 0.2) is 11.5 Å². The van der Waals surface area contributed by atoms with Gasteiger partial charge >= 0.3 is 0 Å². The largest absolute Gasteiger partial charge is 0.409 e. The molecule has 0 aliphatic carbocycles. The molecule has 1 aliphatic rings. The average molecular weight is 293 g/mol. The van der Waals surface area contributed by atoms with Crippen molar-refractivity contribution >= 4 is 17.3 Å². The van der Waals surface area contributed by atoms with Gasteiger partial charge in [-0.15, -0.1) is 0 Å². The Balaban J connectivity index is 2.44. The number of nitrogens with two attached hydrogens (primary N) is 1. The van der Waals surface area contributed by atoms with Gasteiger partial charge in [0.2, 0.25) is 0 Å². The highest BCUT2D eigenvalue weighted by Gasteiger charge is 2.28. The number of amidine groups is 1. The molecule has 1 aromatic rings. The first-order chi connectivity index (χ1) is 9.95. The van der Waals surface area contributed by atoms with Crippen LogP contribution in [0.3, 0.4) is 0 Å². The number of piperidine rings is 1. The fourth-order valence-electron chi connectivity index (χ4n) is 2.64. The van der Waals surface area contributed by atoms with Crippen LogP contribution in [0.2, 0.25) is 0 Å². The molecule has 2 unspecified atom stereocenters. The van der Waals surface area contributed by atoms with E-state index in [4.69, 9.17) is 10.9 Å². The van der Waals surface area contributed by atoms with Crippen LogP contribution in [0.5, 0.6) is 0 Å². The quantitative estimate of drug-likeness (QED) is 0.288. The lowest BCUT2D eigenvalue weighted by Crippen LogP contribution is -2.43. The van der Waals surface area contributed by atoms with Crippen LogP contribution in [0.15, 0.2) is 17.3 Å². The molecule has 8 nitrogen and oxygen atoms in total. The molecule has 0 amide bonds. The minimum atomic E-state index is -0.591. The van der Waals surface area contributed by atoms with Crippen LogP contribution >= 0.6 is 0 Å². The fourth-order valence-corrected chi connectivity index (χ4v) is 2.64. The zero-order valence-corrected chi connectivity index (χ0v) is 12.1. The van der Waals surface area contributed by atoms with E-state index >= 15 is 0 Å². The Morgan fingerprint density at radius 3 is 2.90 bits per heavy atom.